The zero-order valence-corrected chi connectivity index (χ0v) is 12.3. The molecule has 0 saturated heterocycles. The number of rotatable bonds is 5. The second-order valence-corrected chi connectivity index (χ2v) is 4.82. The van der Waals surface area contributed by atoms with Gasteiger partial charge in [0.25, 0.3) is 0 Å². The van der Waals surface area contributed by atoms with Gasteiger partial charge in [0, 0.05) is 0 Å². The molecule has 0 amide bonds. The number of nitrogens with zero attached hydrogens (tertiary/aromatic N) is 3. The Morgan fingerprint density at radius 2 is 1.30 bits per heavy atom. The van der Waals surface area contributed by atoms with Crippen molar-refractivity contribution in [2.75, 3.05) is 0 Å². The molecule has 0 fully saturated rings. The van der Waals surface area contributed by atoms with Gasteiger partial charge in [0.05, 0.1) is 12.1 Å². The van der Waals surface area contributed by atoms with Gasteiger partial charge in [0.1, 0.15) is 17.5 Å². The van der Waals surface area contributed by atoms with Crippen LogP contribution in [0, 0.1) is 22.7 Å². The van der Waals surface area contributed by atoms with Gasteiger partial charge in [0.2, 0.25) is 5.78 Å². The number of Topliss-reactive ketones (excluding diaryl/α,β-unsaturated/α-hetero) is 1. The number of hydrogen-bond acceptors (Lipinski definition) is 5. The molecule has 112 valence electrons. The Balaban J connectivity index is 2.39. The first-order valence-corrected chi connectivity index (χ1v) is 6.94. The summed E-state index contributed by atoms with van der Waals surface area (Å²) in [5.41, 5.74) is 1.04. The molecule has 5 heteroatoms. The predicted octanol–water partition coefficient (Wildman–Crippen LogP) is 2.48. The van der Waals surface area contributed by atoms with Gasteiger partial charge in [-0.15, -0.1) is 0 Å². The van der Waals surface area contributed by atoms with Gasteiger partial charge in [0.15, 0.2) is 0 Å². The van der Waals surface area contributed by atoms with Gasteiger partial charge in [-0.05, 0) is 11.1 Å². The molecule has 2 aromatic rings. The lowest BCUT2D eigenvalue weighted by atomic mass is 9.86. The maximum atomic E-state index is 12.7. The lowest BCUT2D eigenvalue weighted by Gasteiger charge is -2.14. The van der Waals surface area contributed by atoms with Crippen molar-refractivity contribution in [2.24, 2.45) is 10.9 Å². The van der Waals surface area contributed by atoms with Gasteiger partial charge >= 0.3 is 0 Å². The number of nitrogens with two attached hydrogens (primary N) is 1. The summed E-state index contributed by atoms with van der Waals surface area (Å²) in [6, 6.07) is 21.4. The van der Waals surface area contributed by atoms with E-state index in [0.29, 0.717) is 11.1 Å². The van der Waals surface area contributed by atoms with Gasteiger partial charge in [-0.25, -0.2) is 0 Å². The average Bonchev–Trinajstić information content (AvgIpc) is 2.61. The van der Waals surface area contributed by atoms with Gasteiger partial charge in [-0.3, -0.25) is 4.79 Å². The highest BCUT2D eigenvalue weighted by Gasteiger charge is 2.31. The minimum Gasteiger partial charge on any atom is -0.323 e. The van der Waals surface area contributed by atoms with Gasteiger partial charge < -0.3 is 5.84 Å². The van der Waals surface area contributed by atoms with Crippen LogP contribution in [0.4, 0.5) is 0 Å². The maximum Gasteiger partial charge on any atom is 0.202 e. The van der Waals surface area contributed by atoms with Crippen molar-refractivity contribution in [1.29, 1.82) is 10.5 Å². The zero-order valence-electron chi connectivity index (χ0n) is 12.3. The zero-order chi connectivity index (χ0) is 16.7. The van der Waals surface area contributed by atoms with E-state index >= 15 is 0 Å². The summed E-state index contributed by atoms with van der Waals surface area (Å²) in [4.78, 5) is 12.7. The Labute approximate surface area is 134 Å². The van der Waals surface area contributed by atoms with Crippen LogP contribution in [-0.2, 0) is 4.79 Å². The average molecular weight is 302 g/mol. The minimum atomic E-state index is -1.04. The maximum absolute atomic E-state index is 12.7. The van der Waals surface area contributed by atoms with E-state index in [-0.39, 0.29) is 5.71 Å². The molecule has 0 spiro atoms. The Morgan fingerprint density at radius 1 is 0.870 bits per heavy atom. The first kappa shape index (κ1) is 15.9. The molecule has 0 unspecified atom stereocenters. The highest BCUT2D eigenvalue weighted by atomic mass is 16.1. The molecule has 5 nitrogen and oxygen atoms in total. The highest BCUT2D eigenvalue weighted by Crippen LogP contribution is 2.23. The van der Waals surface area contributed by atoms with E-state index in [1.807, 2.05) is 12.1 Å². The molecule has 2 N–H and O–H groups in total. The van der Waals surface area contributed by atoms with Crippen LogP contribution in [0.3, 0.4) is 0 Å². The first-order valence-electron chi connectivity index (χ1n) is 6.94. The van der Waals surface area contributed by atoms with E-state index in [9.17, 15) is 15.3 Å². The Morgan fingerprint density at radius 3 is 1.70 bits per heavy atom. The first-order chi connectivity index (χ1) is 11.2. The molecule has 0 aliphatic rings. The Kier molecular flexibility index (Phi) is 5.22. The molecule has 2 aromatic carbocycles. The summed E-state index contributed by atoms with van der Waals surface area (Å²) in [5, 5.41) is 22.3. The lowest BCUT2D eigenvalue weighted by molar-refractivity contribution is -0.113. The van der Waals surface area contributed by atoms with Gasteiger partial charge in [-0.1, -0.05) is 60.7 Å². The topological polar surface area (TPSA) is 103 Å². The molecule has 0 aliphatic carbocycles. The fourth-order valence-corrected chi connectivity index (χ4v) is 2.30. The third-order valence-electron chi connectivity index (χ3n) is 3.45. The SMILES string of the molecule is N#C[C@H](C(=O)/C(=N\N)[C@H](C#N)c1ccccc1)c1ccccc1. The van der Waals surface area contributed by atoms with E-state index < -0.39 is 17.6 Å². The normalized spacial score (nSPS) is 13.4. The van der Waals surface area contributed by atoms with Crippen LogP contribution in [-0.4, -0.2) is 11.5 Å². The van der Waals surface area contributed by atoms with Crippen LogP contribution < -0.4 is 5.84 Å². The van der Waals surface area contributed by atoms with Crippen LogP contribution in [0.15, 0.2) is 65.8 Å². The number of hydrazone groups is 1. The smallest absolute Gasteiger partial charge is 0.202 e. The fourth-order valence-electron chi connectivity index (χ4n) is 2.30. The molecule has 0 saturated carbocycles. The highest BCUT2D eigenvalue weighted by molar-refractivity contribution is 6.44. The van der Waals surface area contributed by atoms with E-state index in [1.54, 1.807) is 60.7 Å². The molecule has 0 bridgehead atoms. The van der Waals surface area contributed by atoms with Crippen molar-refractivity contribution < 1.29 is 4.79 Å². The number of ketones is 1. The predicted molar refractivity (Wildman–Crippen MR) is 86.2 cm³/mol. The third kappa shape index (κ3) is 3.42. The number of carbonyl (C=O) groups is 1. The summed E-state index contributed by atoms with van der Waals surface area (Å²) in [6.45, 7) is 0. The van der Waals surface area contributed by atoms with Crippen molar-refractivity contribution in [3.63, 3.8) is 0 Å². The molecule has 0 aromatic heterocycles. The monoisotopic (exact) mass is 302 g/mol. The van der Waals surface area contributed by atoms with Crippen LogP contribution >= 0.6 is 0 Å². The van der Waals surface area contributed by atoms with E-state index in [2.05, 4.69) is 5.10 Å². The van der Waals surface area contributed by atoms with Crippen LogP contribution in [0.25, 0.3) is 0 Å². The number of hydrogen-bond donors (Lipinski definition) is 1. The lowest BCUT2D eigenvalue weighted by Crippen LogP contribution is -2.28. The summed E-state index contributed by atoms with van der Waals surface area (Å²) in [6.07, 6.45) is 0. The summed E-state index contributed by atoms with van der Waals surface area (Å²) in [5.74, 6) is 2.85. The van der Waals surface area contributed by atoms with Crippen molar-refractivity contribution in [3.8, 4) is 12.1 Å². The number of benzene rings is 2. The molecule has 0 radical (unpaired) electrons. The molecule has 2 atom stereocenters. The van der Waals surface area contributed by atoms with E-state index in [0.717, 1.165) is 0 Å². The van der Waals surface area contributed by atoms with Crippen molar-refractivity contribution >= 4 is 11.5 Å². The molecule has 2 rings (SSSR count). The van der Waals surface area contributed by atoms with Crippen molar-refractivity contribution in [3.05, 3.63) is 71.8 Å². The van der Waals surface area contributed by atoms with Crippen LogP contribution in [0.2, 0.25) is 0 Å². The van der Waals surface area contributed by atoms with E-state index in [4.69, 9.17) is 5.84 Å². The Bertz CT molecular complexity index is 785. The fraction of sp³-hybridized carbons (Fsp3) is 0.111. The molecular formula is C18H14N4O. The van der Waals surface area contributed by atoms with Gasteiger partial charge in [-0.2, -0.15) is 15.6 Å². The Hall–Kier alpha value is -3.44. The third-order valence-corrected chi connectivity index (χ3v) is 3.45. The molecule has 23 heavy (non-hydrogen) atoms. The molecular weight excluding hydrogens is 288 g/mol. The summed E-state index contributed by atoms with van der Waals surface area (Å²) >= 11 is 0. The summed E-state index contributed by atoms with van der Waals surface area (Å²) < 4.78 is 0. The number of nitriles is 2. The standard InChI is InChI=1S/C18H14N4O/c19-11-15(13-7-3-1-4-8-13)17(22-21)18(23)16(12-20)14-9-5-2-6-10-14/h1-10,15-16H,21H2/b22-17-/t15-,16+/m1/s1. The quantitative estimate of drug-likeness (QED) is 0.520. The van der Waals surface area contributed by atoms with Crippen molar-refractivity contribution in [2.45, 2.75) is 11.8 Å². The summed E-state index contributed by atoms with van der Waals surface area (Å²) in [7, 11) is 0. The number of carbonyl (C=O) groups excluding carboxylic acids is 1. The molecule has 0 heterocycles. The molecule has 0 aliphatic heterocycles. The van der Waals surface area contributed by atoms with Crippen molar-refractivity contribution in [1.82, 2.24) is 0 Å². The minimum absolute atomic E-state index is 0.117. The van der Waals surface area contributed by atoms with Crippen LogP contribution in [0.1, 0.15) is 23.0 Å². The second-order valence-electron chi connectivity index (χ2n) is 4.82. The van der Waals surface area contributed by atoms with Crippen LogP contribution in [0.5, 0.6) is 0 Å². The van der Waals surface area contributed by atoms with E-state index in [1.165, 1.54) is 0 Å². The second kappa shape index (κ2) is 7.53. The largest absolute Gasteiger partial charge is 0.323 e.